The van der Waals surface area contributed by atoms with Gasteiger partial charge in [0.1, 0.15) is 17.4 Å². The van der Waals surface area contributed by atoms with Gasteiger partial charge in [-0.3, -0.25) is 4.79 Å². The average Bonchev–Trinajstić information content (AvgIpc) is 2.37. The fourth-order valence-corrected chi connectivity index (χ4v) is 2.60. The molecule has 0 saturated heterocycles. The lowest BCUT2D eigenvalue weighted by molar-refractivity contribution is 0.340. The molecule has 2 aromatic rings. The molecule has 0 aliphatic carbocycles. The highest BCUT2D eigenvalue weighted by Crippen LogP contribution is 2.32. The Balaban J connectivity index is 2.74. The van der Waals surface area contributed by atoms with E-state index in [0.29, 0.717) is 12.2 Å². The zero-order valence-corrected chi connectivity index (χ0v) is 12.7. The summed E-state index contributed by atoms with van der Waals surface area (Å²) in [7, 11) is 0. The summed E-state index contributed by atoms with van der Waals surface area (Å²) in [6, 6.07) is 7.72. The lowest BCUT2D eigenvalue weighted by Crippen LogP contribution is -2.13. The lowest BCUT2D eigenvalue weighted by Gasteiger charge is -2.14. The van der Waals surface area contributed by atoms with Gasteiger partial charge in [0, 0.05) is 11.3 Å². The number of nitriles is 1. The Morgan fingerprint density at radius 1 is 1.19 bits per heavy atom. The highest BCUT2D eigenvalue weighted by atomic mass is 16.5. The summed E-state index contributed by atoms with van der Waals surface area (Å²) < 4.78 is 5.53. The number of aromatic amines is 1. The normalized spacial score (nSPS) is 10.2. The van der Waals surface area contributed by atoms with E-state index in [-0.39, 0.29) is 11.1 Å². The number of rotatable bonds is 3. The summed E-state index contributed by atoms with van der Waals surface area (Å²) in [6.45, 7) is 8.27. The molecule has 0 spiro atoms. The van der Waals surface area contributed by atoms with Crippen molar-refractivity contribution in [3.05, 3.63) is 50.9 Å². The lowest BCUT2D eigenvalue weighted by atomic mass is 9.92. The SMILES string of the molecule is CCOc1cc(C)c(-c2cc(C)[nH]c(=O)c2C#N)c(C)c1. The summed E-state index contributed by atoms with van der Waals surface area (Å²) in [5.41, 5.74) is 4.11. The van der Waals surface area contributed by atoms with Crippen molar-refractivity contribution in [2.75, 3.05) is 6.61 Å². The van der Waals surface area contributed by atoms with Crippen molar-refractivity contribution < 1.29 is 4.74 Å². The molecule has 1 N–H and O–H groups in total. The van der Waals surface area contributed by atoms with Gasteiger partial charge in [0.05, 0.1) is 6.61 Å². The largest absolute Gasteiger partial charge is 0.494 e. The Morgan fingerprint density at radius 2 is 1.81 bits per heavy atom. The second kappa shape index (κ2) is 5.84. The zero-order valence-electron chi connectivity index (χ0n) is 12.7. The fourth-order valence-electron chi connectivity index (χ4n) is 2.60. The van der Waals surface area contributed by atoms with Crippen LogP contribution < -0.4 is 10.3 Å². The highest BCUT2D eigenvalue weighted by Gasteiger charge is 2.15. The maximum atomic E-state index is 12.0. The van der Waals surface area contributed by atoms with Gasteiger partial charge in [-0.1, -0.05) is 0 Å². The maximum absolute atomic E-state index is 12.0. The molecule has 21 heavy (non-hydrogen) atoms. The van der Waals surface area contributed by atoms with Crippen LogP contribution in [0.25, 0.3) is 11.1 Å². The molecule has 108 valence electrons. The summed E-state index contributed by atoms with van der Waals surface area (Å²) in [4.78, 5) is 14.6. The molecule has 2 rings (SSSR count). The van der Waals surface area contributed by atoms with Gasteiger partial charge in [-0.15, -0.1) is 0 Å². The molecule has 0 fully saturated rings. The van der Waals surface area contributed by atoms with Crippen LogP contribution in [0, 0.1) is 32.1 Å². The van der Waals surface area contributed by atoms with E-state index in [4.69, 9.17) is 4.74 Å². The molecule has 0 atom stereocenters. The number of pyridine rings is 1. The van der Waals surface area contributed by atoms with E-state index in [1.54, 1.807) is 0 Å². The summed E-state index contributed by atoms with van der Waals surface area (Å²) in [5.74, 6) is 0.802. The van der Waals surface area contributed by atoms with E-state index in [0.717, 1.165) is 28.1 Å². The molecule has 0 saturated carbocycles. The first-order valence-electron chi connectivity index (χ1n) is 6.86. The first-order chi connectivity index (χ1) is 9.97. The molecule has 4 nitrogen and oxygen atoms in total. The fraction of sp³-hybridized carbons (Fsp3) is 0.294. The first kappa shape index (κ1) is 14.9. The molecule has 0 aliphatic rings. The van der Waals surface area contributed by atoms with Crippen molar-refractivity contribution in [1.29, 1.82) is 5.26 Å². The predicted octanol–water partition coefficient (Wildman–Crippen LogP) is 3.24. The second-order valence-electron chi connectivity index (χ2n) is 5.05. The molecule has 0 amide bonds. The standard InChI is InChI=1S/C17H18N2O2/c1-5-21-13-6-10(2)16(11(3)7-13)14-8-12(4)19-17(20)15(14)9-18/h6-8H,5H2,1-4H3,(H,19,20). The molecule has 0 unspecified atom stereocenters. The third-order valence-electron chi connectivity index (χ3n) is 3.37. The second-order valence-corrected chi connectivity index (χ2v) is 5.05. The highest BCUT2D eigenvalue weighted by molar-refractivity contribution is 5.76. The Kier molecular flexibility index (Phi) is 4.13. The van der Waals surface area contributed by atoms with Crippen LogP contribution in [0.2, 0.25) is 0 Å². The van der Waals surface area contributed by atoms with Gasteiger partial charge >= 0.3 is 0 Å². The van der Waals surface area contributed by atoms with Crippen molar-refractivity contribution in [3.63, 3.8) is 0 Å². The molecule has 4 heteroatoms. The minimum absolute atomic E-state index is 0.149. The smallest absolute Gasteiger partial charge is 0.266 e. The third-order valence-corrected chi connectivity index (χ3v) is 3.37. The van der Waals surface area contributed by atoms with Crippen LogP contribution >= 0.6 is 0 Å². The zero-order chi connectivity index (χ0) is 15.6. The van der Waals surface area contributed by atoms with Gasteiger partial charge in [-0.2, -0.15) is 5.26 Å². The van der Waals surface area contributed by atoms with Gasteiger partial charge in [0.2, 0.25) is 0 Å². The molecule has 0 aliphatic heterocycles. The molecule has 1 aromatic carbocycles. The van der Waals surface area contributed by atoms with E-state index in [1.165, 1.54) is 0 Å². The van der Waals surface area contributed by atoms with Gasteiger partial charge in [-0.05, 0) is 62.6 Å². The molecule has 0 radical (unpaired) electrons. The molecule has 1 aromatic heterocycles. The number of H-pyrrole nitrogens is 1. The number of ether oxygens (including phenoxy) is 1. The van der Waals surface area contributed by atoms with E-state index in [2.05, 4.69) is 4.98 Å². The van der Waals surface area contributed by atoms with Crippen LogP contribution in [0.4, 0.5) is 0 Å². The maximum Gasteiger partial charge on any atom is 0.266 e. The van der Waals surface area contributed by atoms with Gasteiger partial charge < -0.3 is 9.72 Å². The van der Waals surface area contributed by atoms with Crippen LogP contribution in [0.1, 0.15) is 29.3 Å². The minimum Gasteiger partial charge on any atom is -0.494 e. The van der Waals surface area contributed by atoms with Crippen molar-refractivity contribution in [3.8, 4) is 22.9 Å². The summed E-state index contributed by atoms with van der Waals surface area (Å²) >= 11 is 0. The quantitative estimate of drug-likeness (QED) is 0.939. The number of hydrogen-bond acceptors (Lipinski definition) is 3. The molecular formula is C17H18N2O2. The van der Waals surface area contributed by atoms with Crippen LogP contribution in [0.5, 0.6) is 5.75 Å². The number of benzene rings is 1. The first-order valence-corrected chi connectivity index (χ1v) is 6.86. The van der Waals surface area contributed by atoms with Gasteiger partial charge in [0.15, 0.2) is 0 Å². The van der Waals surface area contributed by atoms with Crippen molar-refractivity contribution in [1.82, 2.24) is 4.98 Å². The number of aryl methyl sites for hydroxylation is 3. The summed E-state index contributed by atoms with van der Waals surface area (Å²) in [6.07, 6.45) is 0. The predicted molar refractivity (Wildman–Crippen MR) is 82.6 cm³/mol. The number of nitrogens with one attached hydrogen (secondary N) is 1. The Hall–Kier alpha value is -2.54. The Labute approximate surface area is 124 Å². The Morgan fingerprint density at radius 3 is 2.33 bits per heavy atom. The van der Waals surface area contributed by atoms with Gasteiger partial charge in [-0.25, -0.2) is 0 Å². The van der Waals surface area contributed by atoms with E-state index >= 15 is 0 Å². The van der Waals surface area contributed by atoms with E-state index in [9.17, 15) is 10.1 Å². The summed E-state index contributed by atoms with van der Waals surface area (Å²) in [5, 5.41) is 9.28. The van der Waals surface area contributed by atoms with Crippen LogP contribution in [0.3, 0.4) is 0 Å². The van der Waals surface area contributed by atoms with Crippen molar-refractivity contribution in [2.24, 2.45) is 0 Å². The molecule has 1 heterocycles. The molecule has 0 bridgehead atoms. The number of hydrogen-bond donors (Lipinski definition) is 1. The topological polar surface area (TPSA) is 65.9 Å². The Bertz CT molecular complexity index is 759. The van der Waals surface area contributed by atoms with Gasteiger partial charge in [0.25, 0.3) is 5.56 Å². The monoisotopic (exact) mass is 282 g/mol. The number of aromatic nitrogens is 1. The van der Waals surface area contributed by atoms with E-state index in [1.807, 2.05) is 52.0 Å². The van der Waals surface area contributed by atoms with Crippen LogP contribution in [-0.2, 0) is 0 Å². The average molecular weight is 282 g/mol. The number of nitrogens with zero attached hydrogens (tertiary/aromatic N) is 1. The van der Waals surface area contributed by atoms with Crippen molar-refractivity contribution in [2.45, 2.75) is 27.7 Å². The van der Waals surface area contributed by atoms with Crippen LogP contribution in [0.15, 0.2) is 23.0 Å². The van der Waals surface area contributed by atoms with Crippen LogP contribution in [-0.4, -0.2) is 11.6 Å². The third kappa shape index (κ3) is 2.82. The van der Waals surface area contributed by atoms with Crippen molar-refractivity contribution >= 4 is 0 Å². The van der Waals surface area contributed by atoms with E-state index < -0.39 is 0 Å². The molecular weight excluding hydrogens is 264 g/mol. The minimum atomic E-state index is -0.347.